The Morgan fingerprint density at radius 1 is 1.35 bits per heavy atom. The summed E-state index contributed by atoms with van der Waals surface area (Å²) in [5, 5.41) is 7.35. The van der Waals surface area contributed by atoms with E-state index in [1.165, 1.54) is 0 Å². The maximum Gasteiger partial charge on any atom is 0.286 e. The van der Waals surface area contributed by atoms with E-state index in [1.807, 2.05) is 0 Å². The summed E-state index contributed by atoms with van der Waals surface area (Å²) >= 11 is 5.85. The molecule has 0 fully saturated rings. The number of hydrogen-bond donors (Lipinski definition) is 1. The van der Waals surface area contributed by atoms with Gasteiger partial charge in [-0.25, -0.2) is 0 Å². The molecule has 1 aromatic heterocycles. The van der Waals surface area contributed by atoms with E-state index in [0.29, 0.717) is 29.1 Å². The molecule has 23 heavy (non-hydrogen) atoms. The standard InChI is InChI=1S/C16H16ClN3O3/c1-10(18-15(21)13-4-2-3-9-22-13)14-19-16(23-20-14)11-5-7-12(17)8-6-11/h4-8,10H,2-3,9H2,1H3,(H,18,21)/t10-/m0/s1. The molecule has 7 heteroatoms. The molecule has 0 unspecified atom stereocenters. The van der Waals surface area contributed by atoms with E-state index >= 15 is 0 Å². The van der Waals surface area contributed by atoms with E-state index in [0.717, 1.165) is 18.4 Å². The molecule has 3 rings (SSSR count). The molecule has 120 valence electrons. The highest BCUT2D eigenvalue weighted by Crippen LogP contribution is 2.21. The van der Waals surface area contributed by atoms with Crippen LogP contribution in [-0.2, 0) is 9.53 Å². The number of amides is 1. The average Bonchev–Trinajstić information content (AvgIpc) is 3.06. The third-order valence-corrected chi connectivity index (χ3v) is 3.68. The molecule has 0 spiro atoms. The Hall–Kier alpha value is -2.34. The fraction of sp³-hybridized carbons (Fsp3) is 0.312. The minimum atomic E-state index is -0.390. The molecule has 6 nitrogen and oxygen atoms in total. The number of ether oxygens (including phenoxy) is 1. The van der Waals surface area contributed by atoms with Gasteiger partial charge in [-0.05, 0) is 50.1 Å². The first-order valence-electron chi connectivity index (χ1n) is 7.37. The van der Waals surface area contributed by atoms with Crippen molar-refractivity contribution in [3.8, 4) is 11.5 Å². The van der Waals surface area contributed by atoms with Crippen molar-refractivity contribution in [3.63, 3.8) is 0 Å². The SMILES string of the molecule is C[C@H](NC(=O)C1=CCCCO1)c1noc(-c2ccc(Cl)cc2)n1. The van der Waals surface area contributed by atoms with Crippen LogP contribution in [0.2, 0.25) is 5.02 Å². The van der Waals surface area contributed by atoms with Gasteiger partial charge in [0.05, 0.1) is 12.6 Å². The van der Waals surface area contributed by atoms with Crippen LogP contribution in [0, 0.1) is 0 Å². The molecule has 2 aromatic rings. The molecule has 1 atom stereocenters. The van der Waals surface area contributed by atoms with Crippen LogP contribution < -0.4 is 5.32 Å². The Morgan fingerprint density at radius 3 is 2.83 bits per heavy atom. The minimum Gasteiger partial charge on any atom is -0.488 e. The van der Waals surface area contributed by atoms with Crippen molar-refractivity contribution in [2.24, 2.45) is 0 Å². The van der Waals surface area contributed by atoms with E-state index < -0.39 is 6.04 Å². The summed E-state index contributed by atoms with van der Waals surface area (Å²) in [5.41, 5.74) is 0.769. The number of aromatic nitrogens is 2. The summed E-state index contributed by atoms with van der Waals surface area (Å²) in [6.07, 6.45) is 3.57. The molecule has 1 aliphatic rings. The van der Waals surface area contributed by atoms with Gasteiger partial charge in [-0.2, -0.15) is 4.98 Å². The normalized spacial score (nSPS) is 15.5. The fourth-order valence-corrected chi connectivity index (χ4v) is 2.29. The Balaban J connectivity index is 1.68. The van der Waals surface area contributed by atoms with Crippen molar-refractivity contribution in [1.82, 2.24) is 15.5 Å². The van der Waals surface area contributed by atoms with Gasteiger partial charge in [0.15, 0.2) is 11.6 Å². The Morgan fingerprint density at radius 2 is 2.13 bits per heavy atom. The second-order valence-electron chi connectivity index (χ2n) is 5.22. The maximum absolute atomic E-state index is 12.1. The highest BCUT2D eigenvalue weighted by Gasteiger charge is 2.20. The largest absolute Gasteiger partial charge is 0.488 e. The zero-order valence-electron chi connectivity index (χ0n) is 12.6. The molecule has 2 heterocycles. The number of carbonyl (C=O) groups excluding carboxylic acids is 1. The molecule has 1 N–H and O–H groups in total. The molecule has 0 saturated carbocycles. The van der Waals surface area contributed by atoms with E-state index in [2.05, 4.69) is 15.5 Å². The minimum absolute atomic E-state index is 0.268. The first-order chi connectivity index (χ1) is 11.1. The van der Waals surface area contributed by atoms with Crippen LogP contribution in [0.1, 0.15) is 31.6 Å². The molecule has 0 saturated heterocycles. The lowest BCUT2D eigenvalue weighted by Gasteiger charge is -2.16. The number of carbonyl (C=O) groups is 1. The Kier molecular flexibility index (Phi) is 4.62. The predicted molar refractivity (Wildman–Crippen MR) is 84.6 cm³/mol. The summed E-state index contributed by atoms with van der Waals surface area (Å²) in [6.45, 7) is 2.36. The molecule has 1 aromatic carbocycles. The second-order valence-corrected chi connectivity index (χ2v) is 5.66. The van der Waals surface area contributed by atoms with Crippen molar-refractivity contribution >= 4 is 17.5 Å². The number of nitrogens with one attached hydrogen (secondary N) is 1. The summed E-state index contributed by atoms with van der Waals surface area (Å²) in [5.74, 6) is 0.866. The van der Waals surface area contributed by atoms with Gasteiger partial charge in [0.25, 0.3) is 11.8 Å². The molecular weight excluding hydrogens is 318 g/mol. The smallest absolute Gasteiger partial charge is 0.286 e. The number of rotatable bonds is 4. The van der Waals surface area contributed by atoms with E-state index in [4.69, 9.17) is 20.9 Å². The lowest BCUT2D eigenvalue weighted by atomic mass is 10.2. The third kappa shape index (κ3) is 3.71. The van der Waals surface area contributed by atoms with Crippen molar-refractivity contribution in [1.29, 1.82) is 0 Å². The van der Waals surface area contributed by atoms with Crippen molar-refractivity contribution < 1.29 is 14.1 Å². The molecule has 0 bridgehead atoms. The predicted octanol–water partition coefficient (Wildman–Crippen LogP) is 3.26. The molecule has 0 aliphatic carbocycles. The van der Waals surface area contributed by atoms with Crippen LogP contribution >= 0.6 is 11.6 Å². The van der Waals surface area contributed by atoms with Crippen LogP contribution in [0.5, 0.6) is 0 Å². The molecular formula is C16H16ClN3O3. The van der Waals surface area contributed by atoms with Gasteiger partial charge in [0.2, 0.25) is 0 Å². The topological polar surface area (TPSA) is 77.2 Å². The quantitative estimate of drug-likeness (QED) is 0.929. The van der Waals surface area contributed by atoms with Gasteiger partial charge in [0.1, 0.15) is 0 Å². The number of nitrogens with zero attached hydrogens (tertiary/aromatic N) is 2. The fourth-order valence-electron chi connectivity index (χ4n) is 2.17. The van der Waals surface area contributed by atoms with Crippen LogP contribution in [0.3, 0.4) is 0 Å². The number of halogens is 1. The van der Waals surface area contributed by atoms with Crippen molar-refractivity contribution in [2.45, 2.75) is 25.8 Å². The third-order valence-electron chi connectivity index (χ3n) is 3.43. The molecule has 1 aliphatic heterocycles. The number of hydrogen-bond acceptors (Lipinski definition) is 5. The average molecular weight is 334 g/mol. The van der Waals surface area contributed by atoms with E-state index in [-0.39, 0.29) is 5.91 Å². The Bertz CT molecular complexity index is 724. The summed E-state index contributed by atoms with van der Waals surface area (Å²) < 4.78 is 10.6. The van der Waals surface area contributed by atoms with Crippen LogP contribution in [0.15, 0.2) is 40.6 Å². The van der Waals surface area contributed by atoms with Crippen molar-refractivity contribution in [2.75, 3.05) is 6.61 Å². The van der Waals surface area contributed by atoms with Crippen LogP contribution in [-0.4, -0.2) is 22.7 Å². The highest BCUT2D eigenvalue weighted by molar-refractivity contribution is 6.30. The molecule has 0 radical (unpaired) electrons. The monoisotopic (exact) mass is 333 g/mol. The zero-order chi connectivity index (χ0) is 16.2. The summed E-state index contributed by atoms with van der Waals surface area (Å²) in [7, 11) is 0. The van der Waals surface area contributed by atoms with Gasteiger partial charge in [-0.3, -0.25) is 4.79 Å². The summed E-state index contributed by atoms with van der Waals surface area (Å²) in [6, 6.07) is 6.70. The van der Waals surface area contributed by atoms with Gasteiger partial charge >= 0.3 is 0 Å². The first kappa shape index (κ1) is 15.6. The van der Waals surface area contributed by atoms with Gasteiger partial charge in [0, 0.05) is 10.6 Å². The number of allylic oxidation sites excluding steroid dienone is 1. The number of benzene rings is 1. The van der Waals surface area contributed by atoms with Gasteiger partial charge in [-0.1, -0.05) is 16.8 Å². The van der Waals surface area contributed by atoms with E-state index in [9.17, 15) is 4.79 Å². The zero-order valence-corrected chi connectivity index (χ0v) is 13.3. The van der Waals surface area contributed by atoms with E-state index in [1.54, 1.807) is 37.3 Å². The first-order valence-corrected chi connectivity index (χ1v) is 7.74. The lowest BCUT2D eigenvalue weighted by molar-refractivity contribution is -0.121. The maximum atomic E-state index is 12.1. The second kappa shape index (κ2) is 6.83. The van der Waals surface area contributed by atoms with Crippen LogP contribution in [0.4, 0.5) is 0 Å². The lowest BCUT2D eigenvalue weighted by Crippen LogP contribution is -2.30. The van der Waals surface area contributed by atoms with Crippen LogP contribution in [0.25, 0.3) is 11.5 Å². The van der Waals surface area contributed by atoms with Crippen molar-refractivity contribution in [3.05, 3.63) is 46.9 Å². The van der Waals surface area contributed by atoms with Gasteiger partial charge < -0.3 is 14.6 Å². The van der Waals surface area contributed by atoms with Gasteiger partial charge in [-0.15, -0.1) is 0 Å². The highest BCUT2D eigenvalue weighted by atomic mass is 35.5. The molecule has 1 amide bonds. The summed E-state index contributed by atoms with van der Waals surface area (Å²) in [4.78, 5) is 16.4. The Labute approximate surface area is 138 Å².